The molecule has 41 heavy (non-hydrogen) atoms. The number of nitrogens with one attached hydrogen (secondary N) is 1. The Bertz CT molecular complexity index is 2130. The smallest absolute Gasteiger partial charge is 0.227 e. The predicted octanol–water partition coefficient (Wildman–Crippen LogP) is 8.30. The molecule has 194 valence electrons. The van der Waals surface area contributed by atoms with Crippen LogP contribution in [0.1, 0.15) is 22.9 Å². The monoisotopic (exact) mass is 528 g/mol. The van der Waals surface area contributed by atoms with E-state index in [1.807, 2.05) is 54.6 Å². The molecule has 3 heterocycles. The Morgan fingerprint density at radius 3 is 2.24 bits per heavy atom. The van der Waals surface area contributed by atoms with Gasteiger partial charge in [-0.25, -0.2) is 15.0 Å². The van der Waals surface area contributed by atoms with E-state index in [-0.39, 0.29) is 6.17 Å². The van der Waals surface area contributed by atoms with Gasteiger partial charge in [-0.05, 0) is 52.2 Å². The van der Waals surface area contributed by atoms with E-state index in [0.29, 0.717) is 11.5 Å². The number of benzene rings is 5. The molecular formula is C36H24N4O. The Balaban J connectivity index is 1.35. The highest BCUT2D eigenvalue weighted by atomic mass is 16.3. The maximum absolute atomic E-state index is 6.48. The first-order chi connectivity index (χ1) is 20.3. The van der Waals surface area contributed by atoms with Crippen molar-refractivity contribution in [1.29, 1.82) is 0 Å². The van der Waals surface area contributed by atoms with E-state index < -0.39 is 0 Å². The van der Waals surface area contributed by atoms with E-state index in [0.717, 1.165) is 50.0 Å². The summed E-state index contributed by atoms with van der Waals surface area (Å²) < 4.78 is 6.48. The van der Waals surface area contributed by atoms with Gasteiger partial charge in [0.2, 0.25) is 5.71 Å². The van der Waals surface area contributed by atoms with Crippen molar-refractivity contribution in [1.82, 2.24) is 10.3 Å². The van der Waals surface area contributed by atoms with Gasteiger partial charge in [0.15, 0.2) is 5.84 Å². The summed E-state index contributed by atoms with van der Waals surface area (Å²) in [7, 11) is 0. The van der Waals surface area contributed by atoms with Crippen LogP contribution in [0.5, 0.6) is 0 Å². The molecule has 1 N–H and O–H groups in total. The van der Waals surface area contributed by atoms with Crippen LogP contribution in [-0.4, -0.2) is 16.7 Å². The first-order valence-corrected chi connectivity index (χ1v) is 13.6. The fourth-order valence-electron chi connectivity index (χ4n) is 5.61. The largest absolute Gasteiger partial charge is 0.437 e. The highest BCUT2D eigenvalue weighted by Crippen LogP contribution is 2.39. The minimum absolute atomic E-state index is 0.287. The minimum Gasteiger partial charge on any atom is -0.437 e. The lowest BCUT2D eigenvalue weighted by Gasteiger charge is -2.24. The predicted molar refractivity (Wildman–Crippen MR) is 166 cm³/mol. The lowest BCUT2D eigenvalue weighted by atomic mass is 9.96. The molecule has 2 aromatic heterocycles. The summed E-state index contributed by atoms with van der Waals surface area (Å²) in [6.45, 7) is 0. The number of fused-ring (bicyclic) bond motifs is 4. The van der Waals surface area contributed by atoms with Gasteiger partial charge in [0, 0.05) is 33.7 Å². The lowest BCUT2D eigenvalue weighted by molar-refractivity contribution is 0.655. The van der Waals surface area contributed by atoms with Gasteiger partial charge in [0.05, 0.1) is 0 Å². The molecule has 5 aromatic carbocycles. The number of rotatable bonds is 4. The summed E-state index contributed by atoms with van der Waals surface area (Å²) in [5.41, 5.74) is 6.47. The number of furan rings is 1. The number of amidine groups is 2. The van der Waals surface area contributed by atoms with Crippen LogP contribution >= 0.6 is 0 Å². The van der Waals surface area contributed by atoms with Gasteiger partial charge in [0.25, 0.3) is 0 Å². The Labute approximate surface area is 236 Å². The molecular weight excluding hydrogens is 504 g/mol. The van der Waals surface area contributed by atoms with E-state index in [1.165, 1.54) is 10.8 Å². The van der Waals surface area contributed by atoms with E-state index in [9.17, 15) is 0 Å². The molecule has 8 rings (SSSR count). The second-order valence-electron chi connectivity index (χ2n) is 10.1. The number of aromatic nitrogens is 1. The van der Waals surface area contributed by atoms with Crippen molar-refractivity contribution in [2.45, 2.75) is 6.17 Å². The Kier molecular flexibility index (Phi) is 5.45. The zero-order chi connectivity index (χ0) is 27.2. The van der Waals surface area contributed by atoms with Crippen molar-refractivity contribution in [2.75, 3.05) is 0 Å². The fraction of sp³-hybridized carbons (Fsp3) is 0.0278. The van der Waals surface area contributed by atoms with E-state index in [2.05, 4.69) is 83.1 Å². The molecule has 5 nitrogen and oxygen atoms in total. The standard InChI is InChI=1S/C36H24N4O/c1-3-11-24(12-4-1)33-38-34(25-13-5-2-6-14-25)40-35(39-33)29-20-19-28(27-18-17-23-10-7-8-15-26(23)22-27)32-31(29)30-16-9-21-37-36(30)41-32/h1-22,33H,(H,38,39,40). The molecule has 1 aliphatic rings. The van der Waals surface area contributed by atoms with E-state index in [1.54, 1.807) is 6.20 Å². The van der Waals surface area contributed by atoms with Crippen molar-refractivity contribution in [3.63, 3.8) is 0 Å². The summed E-state index contributed by atoms with van der Waals surface area (Å²) in [5, 5.41) is 7.93. The Hall–Kier alpha value is -5.55. The summed E-state index contributed by atoms with van der Waals surface area (Å²) in [6.07, 6.45) is 1.48. The maximum Gasteiger partial charge on any atom is 0.227 e. The minimum atomic E-state index is -0.287. The van der Waals surface area contributed by atoms with Crippen molar-refractivity contribution >= 4 is 44.5 Å². The molecule has 0 fully saturated rings. The summed E-state index contributed by atoms with van der Waals surface area (Å²) >= 11 is 0. The molecule has 0 bridgehead atoms. The molecule has 0 saturated carbocycles. The Morgan fingerprint density at radius 2 is 1.39 bits per heavy atom. The summed E-state index contributed by atoms with van der Waals surface area (Å²) in [6, 6.07) is 43.6. The van der Waals surface area contributed by atoms with Crippen LogP contribution in [0, 0.1) is 0 Å². The Morgan fingerprint density at radius 1 is 0.634 bits per heavy atom. The van der Waals surface area contributed by atoms with Gasteiger partial charge in [-0.3, -0.25) is 0 Å². The second kappa shape index (κ2) is 9.57. The molecule has 5 heteroatoms. The third-order valence-corrected chi connectivity index (χ3v) is 7.60. The molecule has 7 aromatic rings. The number of pyridine rings is 1. The average molecular weight is 529 g/mol. The van der Waals surface area contributed by atoms with Crippen LogP contribution in [0.25, 0.3) is 44.0 Å². The number of aliphatic imine (C=N–C) groups is 2. The van der Waals surface area contributed by atoms with Crippen LogP contribution in [0.3, 0.4) is 0 Å². The average Bonchev–Trinajstić information content (AvgIpc) is 3.44. The third-order valence-electron chi connectivity index (χ3n) is 7.60. The second-order valence-corrected chi connectivity index (χ2v) is 10.1. The van der Waals surface area contributed by atoms with Crippen molar-refractivity contribution in [2.24, 2.45) is 9.98 Å². The quantitative estimate of drug-likeness (QED) is 0.250. The first-order valence-electron chi connectivity index (χ1n) is 13.6. The fourth-order valence-corrected chi connectivity index (χ4v) is 5.61. The van der Waals surface area contributed by atoms with Crippen molar-refractivity contribution in [3.8, 4) is 11.1 Å². The maximum atomic E-state index is 6.48. The topological polar surface area (TPSA) is 62.8 Å². The molecule has 1 aliphatic heterocycles. The highest BCUT2D eigenvalue weighted by Gasteiger charge is 2.25. The van der Waals surface area contributed by atoms with Crippen LogP contribution in [0.15, 0.2) is 148 Å². The lowest BCUT2D eigenvalue weighted by Crippen LogP contribution is -2.33. The summed E-state index contributed by atoms with van der Waals surface area (Å²) in [4.78, 5) is 14.6. The molecule has 1 unspecified atom stereocenters. The van der Waals surface area contributed by atoms with Crippen LogP contribution in [0.4, 0.5) is 0 Å². The molecule has 0 amide bonds. The van der Waals surface area contributed by atoms with E-state index in [4.69, 9.17) is 14.4 Å². The number of nitrogens with zero attached hydrogens (tertiary/aromatic N) is 3. The van der Waals surface area contributed by atoms with Crippen LogP contribution < -0.4 is 5.32 Å². The molecule has 0 aliphatic carbocycles. The van der Waals surface area contributed by atoms with Gasteiger partial charge in [-0.15, -0.1) is 0 Å². The number of hydrogen-bond donors (Lipinski definition) is 1. The van der Waals surface area contributed by atoms with Crippen molar-refractivity contribution < 1.29 is 4.42 Å². The van der Waals surface area contributed by atoms with E-state index >= 15 is 0 Å². The van der Waals surface area contributed by atoms with Crippen molar-refractivity contribution in [3.05, 3.63) is 150 Å². The highest BCUT2D eigenvalue weighted by molar-refractivity contribution is 6.23. The van der Waals surface area contributed by atoms with Gasteiger partial charge in [-0.2, -0.15) is 0 Å². The number of hydrogen-bond acceptors (Lipinski definition) is 5. The third kappa shape index (κ3) is 4.07. The van der Waals surface area contributed by atoms with Gasteiger partial charge < -0.3 is 9.73 Å². The normalized spacial score (nSPS) is 15.1. The molecule has 0 radical (unpaired) electrons. The SMILES string of the molecule is c1ccc(C2=NC(c3ccccc3)NC(c3ccc(-c4ccc5ccccc5c4)c4oc5ncccc5c34)=N2)cc1. The van der Waals surface area contributed by atoms with Gasteiger partial charge >= 0.3 is 0 Å². The zero-order valence-electron chi connectivity index (χ0n) is 22.0. The molecule has 1 atom stereocenters. The molecule has 0 spiro atoms. The van der Waals surface area contributed by atoms with Crippen LogP contribution in [0.2, 0.25) is 0 Å². The van der Waals surface area contributed by atoms with Gasteiger partial charge in [-0.1, -0.05) is 97.1 Å². The van der Waals surface area contributed by atoms with Gasteiger partial charge in [0.1, 0.15) is 17.6 Å². The molecule has 0 saturated heterocycles. The summed E-state index contributed by atoms with van der Waals surface area (Å²) in [5.74, 6) is 1.43. The zero-order valence-corrected chi connectivity index (χ0v) is 22.0. The first kappa shape index (κ1) is 23.3. The van der Waals surface area contributed by atoms with Crippen LogP contribution in [-0.2, 0) is 0 Å².